The summed E-state index contributed by atoms with van der Waals surface area (Å²) in [5.41, 5.74) is 1.45. The van der Waals surface area contributed by atoms with E-state index in [0.717, 1.165) is 21.9 Å². The van der Waals surface area contributed by atoms with E-state index in [9.17, 15) is 4.79 Å². The second-order valence-electron chi connectivity index (χ2n) is 4.59. The monoisotopic (exact) mass is 308 g/mol. The van der Waals surface area contributed by atoms with Crippen molar-refractivity contribution in [3.63, 3.8) is 0 Å². The van der Waals surface area contributed by atoms with E-state index < -0.39 is 0 Å². The quantitative estimate of drug-likeness (QED) is 0.868. The Kier molecular flexibility index (Phi) is 2.95. The topological polar surface area (TPSA) is 55.0 Å². The first-order chi connectivity index (χ1) is 8.66. The number of ether oxygens (including phenoxy) is 1. The minimum Gasteiger partial charge on any atom is -0.378 e. The minimum absolute atomic E-state index is 0.00237. The van der Waals surface area contributed by atoms with Crippen LogP contribution in [0.4, 0.5) is 0 Å². The number of H-pyrrole nitrogens is 1. The largest absolute Gasteiger partial charge is 0.378 e. The van der Waals surface area contributed by atoms with Gasteiger partial charge >= 0.3 is 0 Å². The molecule has 2 atom stereocenters. The molecule has 1 N–H and O–H groups in total. The Morgan fingerprint density at radius 2 is 2.44 bits per heavy atom. The highest BCUT2D eigenvalue weighted by molar-refractivity contribution is 9.10. The zero-order valence-corrected chi connectivity index (χ0v) is 11.5. The first-order valence-electron chi connectivity index (χ1n) is 5.95. The SMILES string of the molecule is CC1OCCC1C(=O)c1c[nH]c2ncc(Br)cc12. The number of fused-ring (bicyclic) bond motifs is 1. The van der Waals surface area contributed by atoms with E-state index in [1.807, 2.05) is 13.0 Å². The molecule has 0 spiro atoms. The van der Waals surface area contributed by atoms with E-state index in [4.69, 9.17) is 4.74 Å². The molecule has 1 aliphatic heterocycles. The molecule has 1 aliphatic rings. The lowest BCUT2D eigenvalue weighted by Crippen LogP contribution is -2.21. The van der Waals surface area contributed by atoms with Crippen molar-refractivity contribution in [1.82, 2.24) is 9.97 Å². The van der Waals surface area contributed by atoms with Gasteiger partial charge in [-0.25, -0.2) is 4.98 Å². The maximum absolute atomic E-state index is 12.5. The summed E-state index contributed by atoms with van der Waals surface area (Å²) >= 11 is 3.38. The molecule has 4 nitrogen and oxygen atoms in total. The lowest BCUT2D eigenvalue weighted by Gasteiger charge is -2.11. The van der Waals surface area contributed by atoms with Gasteiger partial charge in [0.1, 0.15) is 5.65 Å². The number of nitrogens with zero attached hydrogens (tertiary/aromatic N) is 1. The number of halogens is 1. The van der Waals surface area contributed by atoms with Crippen molar-refractivity contribution in [2.24, 2.45) is 5.92 Å². The molecule has 2 unspecified atom stereocenters. The van der Waals surface area contributed by atoms with Gasteiger partial charge in [0.05, 0.1) is 12.0 Å². The number of carbonyl (C=O) groups excluding carboxylic acids is 1. The molecular weight excluding hydrogens is 296 g/mol. The molecule has 0 aliphatic carbocycles. The van der Waals surface area contributed by atoms with Crippen molar-refractivity contribution in [2.45, 2.75) is 19.4 Å². The highest BCUT2D eigenvalue weighted by Gasteiger charge is 2.32. The number of hydrogen-bond acceptors (Lipinski definition) is 3. The zero-order chi connectivity index (χ0) is 12.7. The molecule has 18 heavy (non-hydrogen) atoms. The summed E-state index contributed by atoms with van der Waals surface area (Å²) in [6, 6.07) is 1.92. The van der Waals surface area contributed by atoms with Crippen molar-refractivity contribution < 1.29 is 9.53 Å². The van der Waals surface area contributed by atoms with Gasteiger partial charge in [0.25, 0.3) is 0 Å². The second-order valence-corrected chi connectivity index (χ2v) is 5.50. The van der Waals surface area contributed by atoms with Crippen molar-refractivity contribution in [1.29, 1.82) is 0 Å². The van der Waals surface area contributed by atoms with Gasteiger partial charge in [-0.05, 0) is 35.3 Å². The van der Waals surface area contributed by atoms with Crippen LogP contribution in [0, 0.1) is 5.92 Å². The van der Waals surface area contributed by atoms with E-state index in [2.05, 4.69) is 25.9 Å². The van der Waals surface area contributed by atoms with Gasteiger partial charge in [-0.15, -0.1) is 0 Å². The lowest BCUT2D eigenvalue weighted by molar-refractivity contribution is 0.0766. The first-order valence-corrected chi connectivity index (χ1v) is 6.74. The maximum Gasteiger partial charge on any atom is 0.170 e. The lowest BCUT2D eigenvalue weighted by atomic mass is 9.92. The third-order valence-electron chi connectivity index (χ3n) is 3.48. The maximum atomic E-state index is 12.5. The predicted octanol–water partition coefficient (Wildman–Crippen LogP) is 2.93. The van der Waals surface area contributed by atoms with Crippen LogP contribution in [0.3, 0.4) is 0 Å². The van der Waals surface area contributed by atoms with Crippen LogP contribution in [0.5, 0.6) is 0 Å². The molecule has 3 rings (SSSR count). The molecule has 94 valence electrons. The number of carbonyl (C=O) groups is 1. The minimum atomic E-state index is -0.0389. The molecule has 0 amide bonds. The number of hydrogen-bond donors (Lipinski definition) is 1. The van der Waals surface area contributed by atoms with Crippen LogP contribution in [0.1, 0.15) is 23.7 Å². The Labute approximate surface area is 113 Å². The number of ketones is 1. The van der Waals surface area contributed by atoms with Gasteiger partial charge in [-0.2, -0.15) is 0 Å². The average molecular weight is 309 g/mol. The Hall–Kier alpha value is -1.20. The van der Waals surface area contributed by atoms with Crippen LogP contribution in [-0.2, 0) is 4.74 Å². The second kappa shape index (κ2) is 4.48. The van der Waals surface area contributed by atoms with Gasteiger partial charge in [0.15, 0.2) is 5.78 Å². The smallest absolute Gasteiger partial charge is 0.170 e. The molecule has 0 bridgehead atoms. The molecule has 2 aromatic rings. The van der Waals surface area contributed by atoms with Crippen LogP contribution in [0.15, 0.2) is 22.9 Å². The Balaban J connectivity index is 2.03. The molecular formula is C13H13BrN2O2. The number of aromatic amines is 1. The van der Waals surface area contributed by atoms with E-state index in [1.165, 1.54) is 0 Å². The van der Waals surface area contributed by atoms with E-state index in [0.29, 0.717) is 12.2 Å². The molecule has 3 heterocycles. The van der Waals surface area contributed by atoms with Gasteiger partial charge in [-0.3, -0.25) is 4.79 Å². The fourth-order valence-corrected chi connectivity index (χ4v) is 2.79. The third-order valence-corrected chi connectivity index (χ3v) is 3.91. The van der Waals surface area contributed by atoms with Gasteiger partial charge < -0.3 is 9.72 Å². The van der Waals surface area contributed by atoms with Crippen LogP contribution in [-0.4, -0.2) is 28.5 Å². The number of nitrogens with one attached hydrogen (secondary N) is 1. The molecule has 5 heteroatoms. The molecule has 1 fully saturated rings. The van der Waals surface area contributed by atoms with Crippen LogP contribution >= 0.6 is 15.9 Å². The summed E-state index contributed by atoms with van der Waals surface area (Å²) in [6.07, 6.45) is 4.27. The van der Waals surface area contributed by atoms with Crippen molar-refractivity contribution in [2.75, 3.05) is 6.61 Å². The number of rotatable bonds is 2. The molecule has 0 radical (unpaired) electrons. The highest BCUT2D eigenvalue weighted by atomic mass is 79.9. The van der Waals surface area contributed by atoms with Crippen molar-refractivity contribution >= 4 is 32.7 Å². The van der Waals surface area contributed by atoms with Crippen molar-refractivity contribution in [3.8, 4) is 0 Å². The van der Waals surface area contributed by atoms with Gasteiger partial charge in [-0.1, -0.05) is 0 Å². The number of Topliss-reactive ketones (excluding diaryl/α,β-unsaturated/α-hetero) is 1. The summed E-state index contributed by atoms with van der Waals surface area (Å²) in [5.74, 6) is 0.106. The normalized spacial score (nSPS) is 23.7. The summed E-state index contributed by atoms with van der Waals surface area (Å²) < 4.78 is 6.34. The van der Waals surface area contributed by atoms with Crippen molar-refractivity contribution in [3.05, 3.63) is 28.5 Å². The van der Waals surface area contributed by atoms with E-state index in [-0.39, 0.29) is 17.8 Å². The molecule has 0 aromatic carbocycles. The predicted molar refractivity (Wildman–Crippen MR) is 71.6 cm³/mol. The average Bonchev–Trinajstić information content (AvgIpc) is 2.94. The number of pyridine rings is 1. The summed E-state index contributed by atoms with van der Waals surface area (Å²) in [5, 5.41) is 0.869. The van der Waals surface area contributed by atoms with Gasteiger partial charge in [0, 0.05) is 34.4 Å². The van der Waals surface area contributed by atoms with Crippen LogP contribution < -0.4 is 0 Å². The molecule has 2 aromatic heterocycles. The Bertz CT molecular complexity index is 608. The number of aromatic nitrogens is 2. The van der Waals surface area contributed by atoms with E-state index in [1.54, 1.807) is 12.4 Å². The fourth-order valence-electron chi connectivity index (χ4n) is 2.46. The first kappa shape index (κ1) is 11.9. The van der Waals surface area contributed by atoms with Gasteiger partial charge in [0.2, 0.25) is 0 Å². The Morgan fingerprint density at radius 1 is 1.61 bits per heavy atom. The molecule has 1 saturated heterocycles. The van der Waals surface area contributed by atoms with Crippen LogP contribution in [0.25, 0.3) is 11.0 Å². The molecule has 0 saturated carbocycles. The van der Waals surface area contributed by atoms with Crippen LogP contribution in [0.2, 0.25) is 0 Å². The highest BCUT2D eigenvalue weighted by Crippen LogP contribution is 2.28. The zero-order valence-electron chi connectivity index (χ0n) is 9.94. The summed E-state index contributed by atoms with van der Waals surface area (Å²) in [7, 11) is 0. The third kappa shape index (κ3) is 1.87. The summed E-state index contributed by atoms with van der Waals surface area (Å²) in [6.45, 7) is 2.63. The summed E-state index contributed by atoms with van der Waals surface area (Å²) in [4.78, 5) is 19.8. The van der Waals surface area contributed by atoms with E-state index >= 15 is 0 Å². The Morgan fingerprint density at radius 3 is 3.17 bits per heavy atom. The fraction of sp³-hybridized carbons (Fsp3) is 0.385. The standard InChI is InChI=1S/C13H13BrN2O2/c1-7-9(2-3-18-7)12(17)11-6-16-13-10(11)4-8(14)5-15-13/h4-7,9H,2-3H2,1H3,(H,15,16).